The van der Waals surface area contributed by atoms with Crippen molar-refractivity contribution in [3.05, 3.63) is 46.5 Å². The molecule has 0 aliphatic rings. The maximum atomic E-state index is 11.6. The van der Waals surface area contributed by atoms with Crippen LogP contribution in [0.25, 0.3) is 0 Å². The number of carbonyl (C=O) groups excluding carboxylic acids is 4. The molecule has 10 heteroatoms. The minimum atomic E-state index is -0.766. The van der Waals surface area contributed by atoms with E-state index in [1.807, 2.05) is 5.32 Å². The maximum Gasteiger partial charge on any atom is 0.321 e. The fraction of sp³-hybridized carbons (Fsp3) is 0.250. The largest absolute Gasteiger partial charge is 0.467 e. The molecule has 0 bridgehead atoms. The molecule has 2 aromatic heterocycles. The number of nitrogens with one attached hydrogen (secondary N) is 3. The van der Waals surface area contributed by atoms with Gasteiger partial charge in [0.05, 0.1) is 19.2 Å². The molecule has 2 aromatic rings. The molecule has 0 saturated heterocycles. The number of hydrogen-bond acceptors (Lipinski definition) is 7. The lowest BCUT2D eigenvalue weighted by molar-refractivity contribution is -0.148. The molecule has 0 spiro atoms. The highest BCUT2D eigenvalue weighted by molar-refractivity contribution is 7.08. The molecular weight excluding hydrogens is 362 g/mol. The van der Waals surface area contributed by atoms with Gasteiger partial charge in [-0.25, -0.2) is 4.79 Å². The van der Waals surface area contributed by atoms with E-state index >= 15 is 0 Å². The SMILES string of the molecule is O=C(COC(=O)CCNC(=O)c1ccsc1)NC(=O)NCc1ccco1. The molecule has 0 unspecified atom stereocenters. The molecule has 0 aliphatic heterocycles. The summed E-state index contributed by atoms with van der Waals surface area (Å²) in [6, 6.07) is 4.27. The third-order valence-corrected chi connectivity index (χ3v) is 3.70. The molecule has 0 atom stereocenters. The highest BCUT2D eigenvalue weighted by Crippen LogP contribution is 2.05. The van der Waals surface area contributed by atoms with E-state index in [2.05, 4.69) is 10.6 Å². The van der Waals surface area contributed by atoms with Gasteiger partial charge >= 0.3 is 12.0 Å². The fourth-order valence-electron chi connectivity index (χ4n) is 1.78. The number of esters is 1. The molecular formula is C16H17N3O6S. The lowest BCUT2D eigenvalue weighted by Crippen LogP contribution is -2.41. The zero-order valence-electron chi connectivity index (χ0n) is 13.7. The van der Waals surface area contributed by atoms with Crippen LogP contribution in [-0.2, 0) is 20.9 Å². The minimum absolute atomic E-state index is 0.0821. The van der Waals surface area contributed by atoms with Gasteiger partial charge < -0.3 is 19.8 Å². The molecule has 4 amide bonds. The Labute approximate surface area is 152 Å². The lowest BCUT2D eigenvalue weighted by Gasteiger charge is -2.07. The topological polar surface area (TPSA) is 127 Å². The van der Waals surface area contributed by atoms with E-state index in [1.165, 1.54) is 17.6 Å². The summed E-state index contributed by atoms with van der Waals surface area (Å²) in [5.74, 6) is -1.19. The van der Waals surface area contributed by atoms with E-state index in [-0.39, 0.29) is 25.4 Å². The number of amides is 4. The molecule has 2 rings (SSSR count). The van der Waals surface area contributed by atoms with E-state index in [0.29, 0.717) is 11.3 Å². The van der Waals surface area contributed by atoms with E-state index < -0.39 is 24.5 Å². The average molecular weight is 379 g/mol. The smallest absolute Gasteiger partial charge is 0.321 e. The molecule has 0 radical (unpaired) electrons. The van der Waals surface area contributed by atoms with Gasteiger partial charge in [0, 0.05) is 17.5 Å². The standard InChI is InChI=1S/C16H17N3O6S/c20-13(19-16(23)18-8-12-2-1-6-24-12)9-25-14(21)3-5-17-15(22)11-4-7-26-10-11/h1-2,4,6-7,10H,3,5,8-9H2,(H,17,22)(H2,18,19,20,23). The number of thiophene rings is 1. The Balaban J connectivity index is 1.55. The molecule has 2 heterocycles. The number of furan rings is 1. The first-order valence-electron chi connectivity index (χ1n) is 7.60. The molecule has 0 aromatic carbocycles. The number of ether oxygens (including phenoxy) is 1. The van der Waals surface area contributed by atoms with Crippen LogP contribution in [-0.4, -0.2) is 37.0 Å². The molecule has 9 nitrogen and oxygen atoms in total. The first kappa shape index (κ1) is 19.2. The van der Waals surface area contributed by atoms with Gasteiger partial charge in [0.25, 0.3) is 11.8 Å². The number of imide groups is 1. The highest BCUT2D eigenvalue weighted by Gasteiger charge is 2.12. The molecule has 0 aliphatic carbocycles. The summed E-state index contributed by atoms with van der Waals surface area (Å²) in [4.78, 5) is 46.2. The Morgan fingerprint density at radius 2 is 2.00 bits per heavy atom. The Morgan fingerprint density at radius 3 is 2.69 bits per heavy atom. The molecule has 138 valence electrons. The third kappa shape index (κ3) is 6.77. The minimum Gasteiger partial charge on any atom is -0.467 e. The van der Waals surface area contributed by atoms with Crippen molar-refractivity contribution >= 4 is 35.2 Å². The molecule has 0 fully saturated rings. The van der Waals surface area contributed by atoms with Crippen LogP contribution in [0, 0.1) is 0 Å². The second-order valence-corrected chi connectivity index (χ2v) is 5.77. The van der Waals surface area contributed by atoms with E-state index in [0.717, 1.165) is 0 Å². The van der Waals surface area contributed by atoms with Crippen LogP contribution in [0.2, 0.25) is 0 Å². The van der Waals surface area contributed by atoms with Gasteiger partial charge in [0.1, 0.15) is 5.76 Å². The van der Waals surface area contributed by atoms with Crippen molar-refractivity contribution in [3.8, 4) is 0 Å². The van der Waals surface area contributed by atoms with Crippen LogP contribution >= 0.6 is 11.3 Å². The number of rotatable bonds is 8. The predicted octanol–water partition coefficient (Wildman–Crippen LogP) is 1.03. The van der Waals surface area contributed by atoms with Crippen LogP contribution in [0.5, 0.6) is 0 Å². The van der Waals surface area contributed by atoms with Gasteiger partial charge in [-0.1, -0.05) is 0 Å². The number of carbonyl (C=O) groups is 4. The summed E-state index contributed by atoms with van der Waals surface area (Å²) >= 11 is 1.39. The van der Waals surface area contributed by atoms with E-state index in [1.54, 1.807) is 29.0 Å². The van der Waals surface area contributed by atoms with Crippen LogP contribution in [0.4, 0.5) is 4.79 Å². The zero-order valence-corrected chi connectivity index (χ0v) is 14.5. The quantitative estimate of drug-likeness (QED) is 0.588. The van der Waals surface area contributed by atoms with Crippen LogP contribution in [0.15, 0.2) is 39.6 Å². The second kappa shape index (κ2) is 9.99. The Hall–Kier alpha value is -3.14. The van der Waals surface area contributed by atoms with Crippen molar-refractivity contribution in [1.82, 2.24) is 16.0 Å². The molecule has 3 N–H and O–H groups in total. The summed E-state index contributed by atoms with van der Waals surface area (Å²) in [7, 11) is 0. The summed E-state index contributed by atoms with van der Waals surface area (Å²) < 4.78 is 9.75. The van der Waals surface area contributed by atoms with Crippen molar-refractivity contribution in [2.45, 2.75) is 13.0 Å². The Morgan fingerprint density at radius 1 is 1.15 bits per heavy atom. The van der Waals surface area contributed by atoms with Crippen LogP contribution in [0.3, 0.4) is 0 Å². The summed E-state index contributed by atoms with van der Waals surface area (Å²) in [5, 5.41) is 10.4. The normalized spacial score (nSPS) is 10.0. The van der Waals surface area contributed by atoms with Gasteiger partial charge in [0.2, 0.25) is 0 Å². The van der Waals surface area contributed by atoms with Crippen molar-refractivity contribution in [3.63, 3.8) is 0 Å². The van der Waals surface area contributed by atoms with Crippen molar-refractivity contribution in [2.24, 2.45) is 0 Å². The van der Waals surface area contributed by atoms with E-state index in [4.69, 9.17) is 9.15 Å². The number of urea groups is 1. The Kier molecular flexibility index (Phi) is 7.37. The second-order valence-electron chi connectivity index (χ2n) is 4.99. The zero-order chi connectivity index (χ0) is 18.8. The summed E-state index contributed by atoms with van der Waals surface area (Å²) in [5.41, 5.74) is 0.517. The van der Waals surface area contributed by atoms with Crippen molar-refractivity contribution in [1.29, 1.82) is 0 Å². The first-order valence-corrected chi connectivity index (χ1v) is 8.55. The van der Waals surface area contributed by atoms with Gasteiger partial charge in [-0.2, -0.15) is 11.3 Å². The van der Waals surface area contributed by atoms with E-state index in [9.17, 15) is 19.2 Å². The lowest BCUT2D eigenvalue weighted by atomic mass is 10.3. The van der Waals surface area contributed by atoms with Crippen LogP contribution < -0.4 is 16.0 Å². The summed E-state index contributed by atoms with van der Waals surface area (Å²) in [6.07, 6.45) is 1.37. The van der Waals surface area contributed by atoms with Crippen molar-refractivity contribution < 1.29 is 28.3 Å². The Bertz CT molecular complexity index is 742. The van der Waals surface area contributed by atoms with Gasteiger partial charge in [-0.05, 0) is 23.6 Å². The van der Waals surface area contributed by atoms with Crippen molar-refractivity contribution in [2.75, 3.05) is 13.2 Å². The molecule has 0 saturated carbocycles. The third-order valence-electron chi connectivity index (χ3n) is 3.02. The first-order chi connectivity index (χ1) is 12.5. The summed E-state index contributed by atoms with van der Waals surface area (Å²) in [6.45, 7) is -0.389. The fourth-order valence-corrected chi connectivity index (χ4v) is 2.42. The highest BCUT2D eigenvalue weighted by atomic mass is 32.1. The van der Waals surface area contributed by atoms with Crippen LogP contribution in [0.1, 0.15) is 22.5 Å². The molecule has 26 heavy (non-hydrogen) atoms. The maximum absolute atomic E-state index is 11.6. The number of hydrogen-bond donors (Lipinski definition) is 3. The van der Waals surface area contributed by atoms with Gasteiger partial charge in [-0.3, -0.25) is 19.7 Å². The van der Waals surface area contributed by atoms with Gasteiger partial charge in [-0.15, -0.1) is 0 Å². The predicted molar refractivity (Wildman–Crippen MR) is 91.3 cm³/mol. The monoisotopic (exact) mass is 379 g/mol. The average Bonchev–Trinajstić information content (AvgIpc) is 3.31. The van der Waals surface area contributed by atoms with Gasteiger partial charge in [0.15, 0.2) is 6.61 Å².